The van der Waals surface area contributed by atoms with Crippen LogP contribution in [0.5, 0.6) is 0 Å². The van der Waals surface area contributed by atoms with Gasteiger partial charge in [0.2, 0.25) is 0 Å². The van der Waals surface area contributed by atoms with E-state index in [4.69, 9.17) is 5.73 Å². The van der Waals surface area contributed by atoms with Gasteiger partial charge >= 0.3 is 0 Å². The van der Waals surface area contributed by atoms with E-state index in [-0.39, 0.29) is 0 Å². The van der Waals surface area contributed by atoms with Crippen LogP contribution in [0.25, 0.3) is 0 Å². The van der Waals surface area contributed by atoms with E-state index in [2.05, 4.69) is 43.3 Å². The molecule has 2 saturated carbocycles. The highest BCUT2D eigenvalue weighted by Gasteiger charge is 2.42. The molecule has 1 aromatic rings. The molecule has 1 heteroatoms. The van der Waals surface area contributed by atoms with Gasteiger partial charge in [0.1, 0.15) is 0 Å². The standard InChI is InChI=1S/C23H35N/c1-2-3-7-19-8-12-21(13-9-19)23(16-5-4-6-17-23)22-14-10-20(18-24)11-15-22/h3,7,10-11,14-15,19,21H,2,4-6,8-9,12-13,16-18,24H2,1H3. The van der Waals surface area contributed by atoms with Crippen molar-refractivity contribution in [2.45, 2.75) is 83.1 Å². The quantitative estimate of drug-likeness (QED) is 0.648. The Morgan fingerprint density at radius 2 is 1.67 bits per heavy atom. The number of hydrogen-bond acceptors (Lipinski definition) is 1. The third kappa shape index (κ3) is 3.77. The van der Waals surface area contributed by atoms with E-state index in [9.17, 15) is 0 Å². The van der Waals surface area contributed by atoms with Gasteiger partial charge in [0.15, 0.2) is 0 Å². The molecule has 2 N–H and O–H groups in total. The maximum atomic E-state index is 5.80. The highest BCUT2D eigenvalue weighted by molar-refractivity contribution is 5.31. The molecule has 0 amide bonds. The maximum Gasteiger partial charge on any atom is 0.0178 e. The maximum absolute atomic E-state index is 5.80. The van der Waals surface area contributed by atoms with Crippen molar-refractivity contribution in [3.05, 3.63) is 47.5 Å². The average Bonchev–Trinajstić information content (AvgIpc) is 2.67. The molecular formula is C23H35N. The number of hydrogen-bond donors (Lipinski definition) is 1. The van der Waals surface area contributed by atoms with E-state index in [1.54, 1.807) is 5.56 Å². The molecule has 0 aromatic heterocycles. The predicted octanol–water partition coefficient (Wildman–Crippen LogP) is 6.12. The third-order valence-electron chi connectivity index (χ3n) is 6.71. The molecule has 0 radical (unpaired) electrons. The average molecular weight is 326 g/mol. The van der Waals surface area contributed by atoms with Gasteiger partial charge in [0.05, 0.1) is 0 Å². The van der Waals surface area contributed by atoms with Crippen molar-refractivity contribution in [3.63, 3.8) is 0 Å². The summed E-state index contributed by atoms with van der Waals surface area (Å²) in [6.07, 6.45) is 18.7. The van der Waals surface area contributed by atoms with Crippen LogP contribution in [0.1, 0.15) is 82.3 Å². The third-order valence-corrected chi connectivity index (χ3v) is 6.71. The van der Waals surface area contributed by atoms with Gasteiger partial charge in [-0.1, -0.05) is 62.6 Å². The van der Waals surface area contributed by atoms with Crippen molar-refractivity contribution in [1.29, 1.82) is 0 Å². The van der Waals surface area contributed by atoms with Gasteiger partial charge in [-0.15, -0.1) is 0 Å². The van der Waals surface area contributed by atoms with Crippen molar-refractivity contribution < 1.29 is 0 Å². The molecule has 3 rings (SSSR count). The second-order valence-corrected chi connectivity index (χ2v) is 8.07. The molecule has 0 spiro atoms. The lowest BCUT2D eigenvalue weighted by Crippen LogP contribution is -2.39. The van der Waals surface area contributed by atoms with Crippen molar-refractivity contribution in [2.75, 3.05) is 0 Å². The zero-order valence-corrected chi connectivity index (χ0v) is 15.5. The van der Waals surface area contributed by atoms with Crippen molar-refractivity contribution in [3.8, 4) is 0 Å². The molecule has 0 saturated heterocycles. The molecule has 0 atom stereocenters. The Labute approximate surface area is 148 Å². The fourth-order valence-corrected chi connectivity index (χ4v) is 5.28. The minimum Gasteiger partial charge on any atom is -0.326 e. The molecule has 0 unspecified atom stereocenters. The SMILES string of the molecule is CCC=CC1CCC(C2(c3ccc(CN)cc3)CCCCC2)CC1. The van der Waals surface area contributed by atoms with Crippen LogP contribution in [0.2, 0.25) is 0 Å². The lowest BCUT2D eigenvalue weighted by Gasteiger charge is -2.47. The van der Waals surface area contributed by atoms with E-state index in [0.29, 0.717) is 12.0 Å². The van der Waals surface area contributed by atoms with Gasteiger partial charge in [-0.05, 0) is 73.3 Å². The van der Waals surface area contributed by atoms with Crippen LogP contribution in [0.4, 0.5) is 0 Å². The Morgan fingerprint density at radius 1 is 1.00 bits per heavy atom. The highest BCUT2D eigenvalue weighted by Crippen LogP contribution is 2.50. The van der Waals surface area contributed by atoms with Crippen LogP contribution in [0, 0.1) is 11.8 Å². The first kappa shape index (κ1) is 17.7. The zero-order valence-electron chi connectivity index (χ0n) is 15.5. The Morgan fingerprint density at radius 3 is 2.25 bits per heavy atom. The summed E-state index contributed by atoms with van der Waals surface area (Å²) >= 11 is 0. The fraction of sp³-hybridized carbons (Fsp3) is 0.652. The lowest BCUT2D eigenvalue weighted by atomic mass is 9.58. The summed E-state index contributed by atoms with van der Waals surface area (Å²) in [5.74, 6) is 1.72. The lowest BCUT2D eigenvalue weighted by molar-refractivity contribution is 0.136. The summed E-state index contributed by atoms with van der Waals surface area (Å²) in [7, 11) is 0. The normalized spacial score (nSPS) is 27.4. The van der Waals surface area contributed by atoms with Gasteiger partial charge in [-0.25, -0.2) is 0 Å². The Hall–Kier alpha value is -1.08. The molecule has 1 aromatic carbocycles. The van der Waals surface area contributed by atoms with Crippen LogP contribution >= 0.6 is 0 Å². The molecule has 0 aliphatic heterocycles. The largest absolute Gasteiger partial charge is 0.326 e. The molecule has 2 aliphatic carbocycles. The molecule has 2 fully saturated rings. The summed E-state index contributed by atoms with van der Waals surface area (Å²) < 4.78 is 0. The van der Waals surface area contributed by atoms with E-state index in [1.165, 1.54) is 69.8 Å². The summed E-state index contributed by atoms with van der Waals surface area (Å²) in [5, 5.41) is 0. The van der Waals surface area contributed by atoms with E-state index in [1.807, 2.05) is 0 Å². The Kier molecular flexibility index (Phi) is 6.16. The van der Waals surface area contributed by atoms with E-state index >= 15 is 0 Å². The van der Waals surface area contributed by atoms with E-state index in [0.717, 1.165) is 11.8 Å². The molecule has 24 heavy (non-hydrogen) atoms. The number of rotatable bonds is 5. The molecule has 1 nitrogen and oxygen atoms in total. The van der Waals surface area contributed by atoms with Crippen molar-refractivity contribution in [2.24, 2.45) is 17.6 Å². The monoisotopic (exact) mass is 325 g/mol. The zero-order chi connectivity index (χ0) is 16.8. The summed E-state index contributed by atoms with van der Waals surface area (Å²) in [6, 6.07) is 9.33. The summed E-state index contributed by atoms with van der Waals surface area (Å²) in [5.41, 5.74) is 9.12. The van der Waals surface area contributed by atoms with E-state index < -0.39 is 0 Å². The minimum absolute atomic E-state index is 0.449. The molecular weight excluding hydrogens is 290 g/mol. The van der Waals surface area contributed by atoms with Crippen LogP contribution in [-0.2, 0) is 12.0 Å². The number of benzene rings is 1. The predicted molar refractivity (Wildman–Crippen MR) is 104 cm³/mol. The smallest absolute Gasteiger partial charge is 0.0178 e. The number of allylic oxidation sites excluding steroid dienone is 2. The molecule has 132 valence electrons. The topological polar surface area (TPSA) is 26.0 Å². The van der Waals surface area contributed by atoms with Crippen LogP contribution in [-0.4, -0.2) is 0 Å². The number of nitrogens with two attached hydrogens (primary N) is 1. The molecule has 0 heterocycles. The van der Waals surface area contributed by atoms with Gasteiger partial charge in [-0.2, -0.15) is 0 Å². The van der Waals surface area contributed by atoms with Crippen LogP contribution < -0.4 is 5.73 Å². The fourth-order valence-electron chi connectivity index (χ4n) is 5.28. The second-order valence-electron chi connectivity index (χ2n) is 8.07. The first-order valence-corrected chi connectivity index (χ1v) is 10.2. The first-order valence-electron chi connectivity index (χ1n) is 10.2. The molecule has 0 bridgehead atoms. The summed E-state index contributed by atoms with van der Waals surface area (Å²) in [6.45, 7) is 2.90. The van der Waals surface area contributed by atoms with Gasteiger partial charge in [0, 0.05) is 6.54 Å². The Bertz CT molecular complexity index is 513. The summed E-state index contributed by atoms with van der Waals surface area (Å²) in [4.78, 5) is 0. The molecule has 2 aliphatic rings. The van der Waals surface area contributed by atoms with Crippen LogP contribution in [0.15, 0.2) is 36.4 Å². The van der Waals surface area contributed by atoms with Crippen molar-refractivity contribution in [1.82, 2.24) is 0 Å². The second kappa shape index (κ2) is 8.34. The van der Waals surface area contributed by atoms with Gasteiger partial charge in [0.25, 0.3) is 0 Å². The van der Waals surface area contributed by atoms with Crippen molar-refractivity contribution >= 4 is 0 Å². The van der Waals surface area contributed by atoms with Crippen LogP contribution in [0.3, 0.4) is 0 Å². The Balaban J connectivity index is 1.77. The van der Waals surface area contributed by atoms with Gasteiger partial charge in [-0.3, -0.25) is 0 Å². The highest BCUT2D eigenvalue weighted by atomic mass is 14.5. The van der Waals surface area contributed by atoms with Gasteiger partial charge < -0.3 is 5.73 Å². The minimum atomic E-state index is 0.449. The first-order chi connectivity index (χ1) is 11.8.